The standard InChI is InChI=1S/C15H21NO3/c1-10-4-5-13(11(2)8-10)19-12-6-7-15(9-12,16-3)14(17)18/h4-5,8,12,16H,6-7,9H2,1-3H3,(H,17,18). The van der Waals surface area contributed by atoms with Crippen LogP contribution < -0.4 is 10.1 Å². The third-order valence-electron chi connectivity index (χ3n) is 3.98. The van der Waals surface area contributed by atoms with Gasteiger partial charge in [-0.3, -0.25) is 4.79 Å². The highest BCUT2D eigenvalue weighted by molar-refractivity contribution is 5.79. The van der Waals surface area contributed by atoms with E-state index in [9.17, 15) is 9.90 Å². The Hall–Kier alpha value is -1.55. The van der Waals surface area contributed by atoms with Gasteiger partial charge in [0.25, 0.3) is 0 Å². The van der Waals surface area contributed by atoms with Crippen LogP contribution >= 0.6 is 0 Å². The summed E-state index contributed by atoms with van der Waals surface area (Å²) in [6, 6.07) is 6.05. The van der Waals surface area contributed by atoms with Gasteiger partial charge in [0.1, 0.15) is 17.4 Å². The maximum Gasteiger partial charge on any atom is 0.324 e. The first-order chi connectivity index (χ1) is 8.97. The number of rotatable bonds is 4. The molecule has 0 spiro atoms. The number of ether oxygens (including phenoxy) is 1. The molecule has 4 nitrogen and oxygen atoms in total. The van der Waals surface area contributed by atoms with Gasteiger partial charge in [0.2, 0.25) is 0 Å². The summed E-state index contributed by atoms with van der Waals surface area (Å²) in [5, 5.41) is 12.3. The minimum atomic E-state index is -0.830. The molecule has 1 aromatic carbocycles. The molecule has 1 aliphatic rings. The molecule has 0 aromatic heterocycles. The van der Waals surface area contributed by atoms with E-state index in [4.69, 9.17) is 4.74 Å². The van der Waals surface area contributed by atoms with Crippen molar-refractivity contribution in [3.05, 3.63) is 29.3 Å². The van der Waals surface area contributed by atoms with Crippen molar-refractivity contribution < 1.29 is 14.6 Å². The lowest BCUT2D eigenvalue weighted by molar-refractivity contribution is -0.144. The largest absolute Gasteiger partial charge is 0.490 e. The highest BCUT2D eigenvalue weighted by Gasteiger charge is 2.45. The molecule has 0 radical (unpaired) electrons. The molecule has 2 rings (SSSR count). The summed E-state index contributed by atoms with van der Waals surface area (Å²) in [4.78, 5) is 11.3. The number of likely N-dealkylation sites (N-methyl/N-ethyl adjacent to an activating group) is 1. The van der Waals surface area contributed by atoms with Crippen LogP contribution in [0.5, 0.6) is 5.75 Å². The van der Waals surface area contributed by atoms with Crippen LogP contribution in [0.1, 0.15) is 30.4 Å². The van der Waals surface area contributed by atoms with Crippen molar-refractivity contribution in [1.29, 1.82) is 0 Å². The van der Waals surface area contributed by atoms with Gasteiger partial charge >= 0.3 is 5.97 Å². The monoisotopic (exact) mass is 263 g/mol. The zero-order valence-electron chi connectivity index (χ0n) is 11.7. The molecule has 2 atom stereocenters. The number of aliphatic carboxylic acids is 1. The first-order valence-electron chi connectivity index (χ1n) is 6.63. The summed E-state index contributed by atoms with van der Waals surface area (Å²) >= 11 is 0. The van der Waals surface area contributed by atoms with E-state index >= 15 is 0 Å². The molecule has 104 valence electrons. The molecule has 1 aliphatic carbocycles. The molecule has 0 aliphatic heterocycles. The number of carboxylic acids is 1. The van der Waals surface area contributed by atoms with Crippen molar-refractivity contribution in [2.24, 2.45) is 0 Å². The number of hydrogen-bond acceptors (Lipinski definition) is 3. The fourth-order valence-corrected chi connectivity index (χ4v) is 2.74. The normalized spacial score (nSPS) is 26.4. The van der Waals surface area contributed by atoms with Crippen molar-refractivity contribution >= 4 is 5.97 Å². The highest BCUT2D eigenvalue weighted by atomic mass is 16.5. The number of carbonyl (C=O) groups is 1. The Morgan fingerprint density at radius 2 is 2.21 bits per heavy atom. The lowest BCUT2D eigenvalue weighted by atomic mass is 9.98. The summed E-state index contributed by atoms with van der Waals surface area (Å²) < 4.78 is 5.97. The molecule has 1 saturated carbocycles. The molecule has 0 bridgehead atoms. The second kappa shape index (κ2) is 5.21. The predicted molar refractivity (Wildman–Crippen MR) is 73.6 cm³/mol. The number of nitrogens with one attached hydrogen (secondary N) is 1. The van der Waals surface area contributed by atoms with Crippen LogP contribution in [0.3, 0.4) is 0 Å². The average Bonchev–Trinajstić information content (AvgIpc) is 2.77. The summed E-state index contributed by atoms with van der Waals surface area (Å²) in [6.45, 7) is 4.06. The molecule has 2 N–H and O–H groups in total. The molecule has 0 heterocycles. The zero-order valence-corrected chi connectivity index (χ0v) is 11.7. The molecule has 0 saturated heterocycles. The second-order valence-electron chi connectivity index (χ2n) is 5.39. The van der Waals surface area contributed by atoms with Crippen molar-refractivity contribution in [2.75, 3.05) is 7.05 Å². The second-order valence-corrected chi connectivity index (χ2v) is 5.39. The Balaban J connectivity index is 2.08. The number of carboxylic acid groups (broad SMARTS) is 1. The first kappa shape index (κ1) is 13.9. The van der Waals surface area contributed by atoms with E-state index in [0.717, 1.165) is 17.7 Å². The van der Waals surface area contributed by atoms with Crippen LogP contribution in [-0.2, 0) is 4.79 Å². The van der Waals surface area contributed by atoms with E-state index in [1.54, 1.807) is 7.05 Å². The molecule has 1 fully saturated rings. The van der Waals surface area contributed by atoms with Crippen molar-refractivity contribution in [3.63, 3.8) is 0 Å². The minimum absolute atomic E-state index is 0.0371. The Morgan fingerprint density at radius 3 is 2.74 bits per heavy atom. The van der Waals surface area contributed by atoms with Crippen LogP contribution in [0.4, 0.5) is 0 Å². The number of aryl methyl sites for hydroxylation is 2. The maximum absolute atomic E-state index is 11.3. The molecule has 0 amide bonds. The van der Waals surface area contributed by atoms with Crippen LogP contribution in [0.15, 0.2) is 18.2 Å². The number of benzene rings is 1. The lowest BCUT2D eigenvalue weighted by Gasteiger charge is -2.23. The van der Waals surface area contributed by atoms with Gasteiger partial charge in [-0.2, -0.15) is 0 Å². The van der Waals surface area contributed by atoms with Gasteiger partial charge in [0, 0.05) is 6.42 Å². The van der Waals surface area contributed by atoms with Gasteiger partial charge in [0.05, 0.1) is 0 Å². The van der Waals surface area contributed by atoms with Gasteiger partial charge in [-0.15, -0.1) is 0 Å². The van der Waals surface area contributed by atoms with Gasteiger partial charge in [-0.1, -0.05) is 17.7 Å². The van der Waals surface area contributed by atoms with E-state index in [1.807, 2.05) is 26.0 Å². The summed E-state index contributed by atoms with van der Waals surface area (Å²) in [5.41, 5.74) is 1.46. The van der Waals surface area contributed by atoms with Crippen molar-refractivity contribution in [3.8, 4) is 5.75 Å². The Morgan fingerprint density at radius 1 is 1.47 bits per heavy atom. The minimum Gasteiger partial charge on any atom is -0.490 e. The van der Waals surface area contributed by atoms with Crippen molar-refractivity contribution in [1.82, 2.24) is 5.32 Å². The quantitative estimate of drug-likeness (QED) is 0.875. The number of hydrogen-bond donors (Lipinski definition) is 2. The predicted octanol–water partition coefficient (Wildman–Crippen LogP) is 2.28. The molecule has 4 heteroatoms. The summed E-state index contributed by atoms with van der Waals surface area (Å²) in [7, 11) is 1.70. The fraction of sp³-hybridized carbons (Fsp3) is 0.533. The van der Waals surface area contributed by atoms with Crippen molar-refractivity contribution in [2.45, 2.75) is 44.8 Å². The highest BCUT2D eigenvalue weighted by Crippen LogP contribution is 2.33. The Bertz CT molecular complexity index is 486. The third kappa shape index (κ3) is 2.73. The molecule has 19 heavy (non-hydrogen) atoms. The average molecular weight is 263 g/mol. The van der Waals surface area contributed by atoms with E-state index in [2.05, 4.69) is 11.4 Å². The molecule has 2 unspecified atom stereocenters. The maximum atomic E-state index is 11.3. The van der Waals surface area contributed by atoms with E-state index in [0.29, 0.717) is 12.8 Å². The van der Waals surface area contributed by atoms with Gasteiger partial charge in [0.15, 0.2) is 0 Å². The SMILES string of the molecule is CNC1(C(=O)O)CCC(Oc2ccc(C)cc2C)C1. The third-order valence-corrected chi connectivity index (χ3v) is 3.98. The summed E-state index contributed by atoms with van der Waals surface area (Å²) in [5.74, 6) is 0.0645. The van der Waals surface area contributed by atoms with Gasteiger partial charge in [-0.05, 0) is 45.4 Å². The fourth-order valence-electron chi connectivity index (χ4n) is 2.74. The van der Waals surface area contributed by atoms with Crippen LogP contribution in [-0.4, -0.2) is 29.8 Å². The van der Waals surface area contributed by atoms with Gasteiger partial charge in [-0.25, -0.2) is 0 Å². The van der Waals surface area contributed by atoms with Crippen LogP contribution in [0.25, 0.3) is 0 Å². The first-order valence-corrected chi connectivity index (χ1v) is 6.63. The van der Waals surface area contributed by atoms with E-state index < -0.39 is 11.5 Å². The van der Waals surface area contributed by atoms with Crippen LogP contribution in [0.2, 0.25) is 0 Å². The Kier molecular flexibility index (Phi) is 3.80. The molecular weight excluding hydrogens is 242 g/mol. The lowest BCUT2D eigenvalue weighted by Crippen LogP contribution is -2.48. The topological polar surface area (TPSA) is 58.6 Å². The van der Waals surface area contributed by atoms with Gasteiger partial charge < -0.3 is 15.2 Å². The zero-order chi connectivity index (χ0) is 14.0. The van der Waals surface area contributed by atoms with E-state index in [-0.39, 0.29) is 6.10 Å². The molecule has 1 aromatic rings. The Labute approximate surface area is 113 Å². The van der Waals surface area contributed by atoms with E-state index in [1.165, 1.54) is 5.56 Å². The smallest absolute Gasteiger partial charge is 0.324 e. The summed E-state index contributed by atoms with van der Waals surface area (Å²) in [6.07, 6.45) is 1.84. The van der Waals surface area contributed by atoms with Crippen LogP contribution in [0, 0.1) is 13.8 Å². The molecular formula is C15H21NO3.